The quantitative estimate of drug-likeness (QED) is 0.796. The largest absolute Gasteiger partial charge is 0.325 e. The summed E-state index contributed by atoms with van der Waals surface area (Å²) in [5.74, 6) is 0.294. The van der Waals surface area contributed by atoms with E-state index in [-0.39, 0.29) is 12.2 Å². The van der Waals surface area contributed by atoms with E-state index in [1.165, 1.54) is 19.4 Å². The summed E-state index contributed by atoms with van der Waals surface area (Å²) in [5.41, 5.74) is 0. The number of amides is 1. The number of nitrogens with zero attached hydrogens (tertiary/aromatic N) is 2. The van der Waals surface area contributed by atoms with Gasteiger partial charge in [0.05, 0.1) is 12.2 Å². The zero-order chi connectivity index (χ0) is 12.4. The van der Waals surface area contributed by atoms with Crippen molar-refractivity contribution in [2.24, 2.45) is 0 Å². The lowest BCUT2D eigenvalue weighted by molar-refractivity contribution is -0.130. The van der Waals surface area contributed by atoms with Gasteiger partial charge in [-0.05, 0) is 39.3 Å². The molecule has 2 aliphatic heterocycles. The van der Waals surface area contributed by atoms with Gasteiger partial charge in [-0.25, -0.2) is 0 Å². The Morgan fingerprint density at radius 1 is 1.41 bits per heavy atom. The maximum atomic E-state index is 12.2. The van der Waals surface area contributed by atoms with Gasteiger partial charge in [0.25, 0.3) is 0 Å². The predicted molar refractivity (Wildman–Crippen MR) is 68.7 cm³/mol. The van der Waals surface area contributed by atoms with Crippen LogP contribution in [0.3, 0.4) is 0 Å². The number of carbonyl (C=O) groups excluding carboxylic acids is 1. The van der Waals surface area contributed by atoms with E-state index in [2.05, 4.69) is 31.0 Å². The number of rotatable bonds is 4. The molecule has 3 atom stereocenters. The molecule has 0 aliphatic carbocycles. The van der Waals surface area contributed by atoms with Crippen LogP contribution in [-0.2, 0) is 4.79 Å². The van der Waals surface area contributed by atoms with Crippen molar-refractivity contribution in [1.82, 2.24) is 15.1 Å². The second-order valence-corrected chi connectivity index (χ2v) is 5.22. The van der Waals surface area contributed by atoms with Crippen LogP contribution in [0.25, 0.3) is 0 Å². The van der Waals surface area contributed by atoms with Gasteiger partial charge >= 0.3 is 0 Å². The van der Waals surface area contributed by atoms with Crippen LogP contribution in [0.4, 0.5) is 0 Å². The van der Waals surface area contributed by atoms with Gasteiger partial charge in [0.1, 0.15) is 0 Å². The van der Waals surface area contributed by atoms with Crippen LogP contribution >= 0.6 is 0 Å². The number of hydrogen-bond donors (Lipinski definition) is 1. The molecule has 1 amide bonds. The first-order chi connectivity index (χ1) is 8.17. The molecule has 2 aliphatic rings. The summed E-state index contributed by atoms with van der Waals surface area (Å²) in [6, 6.07) is 0.616. The average Bonchev–Trinajstić information content (AvgIpc) is 2.88. The fourth-order valence-electron chi connectivity index (χ4n) is 3.13. The Morgan fingerprint density at radius 2 is 2.18 bits per heavy atom. The van der Waals surface area contributed by atoms with E-state index in [1.54, 1.807) is 0 Å². The van der Waals surface area contributed by atoms with Crippen LogP contribution in [0.5, 0.6) is 0 Å². The molecule has 0 aromatic heterocycles. The van der Waals surface area contributed by atoms with Crippen LogP contribution in [0.2, 0.25) is 0 Å². The lowest BCUT2D eigenvalue weighted by atomic mass is 10.2. The molecule has 98 valence electrons. The highest BCUT2D eigenvalue weighted by atomic mass is 16.2. The highest BCUT2D eigenvalue weighted by molar-refractivity contribution is 5.84. The van der Waals surface area contributed by atoms with Crippen molar-refractivity contribution >= 4 is 5.91 Å². The maximum absolute atomic E-state index is 12.2. The Kier molecular flexibility index (Phi) is 4.05. The minimum absolute atomic E-state index is 0.0430. The highest BCUT2D eigenvalue weighted by Gasteiger charge is 2.37. The third-order valence-electron chi connectivity index (χ3n) is 4.21. The van der Waals surface area contributed by atoms with E-state index in [1.807, 2.05) is 4.90 Å². The van der Waals surface area contributed by atoms with Crippen LogP contribution < -0.4 is 5.32 Å². The molecule has 0 spiro atoms. The van der Waals surface area contributed by atoms with E-state index in [0.717, 1.165) is 19.5 Å². The fraction of sp³-hybridized carbons (Fsp3) is 0.923. The van der Waals surface area contributed by atoms with Crippen LogP contribution in [0.1, 0.15) is 40.0 Å². The molecule has 1 N–H and O–H groups in total. The fourth-order valence-corrected chi connectivity index (χ4v) is 3.13. The van der Waals surface area contributed by atoms with Crippen LogP contribution in [0, 0.1) is 0 Å². The number of hydrogen-bond acceptors (Lipinski definition) is 3. The van der Waals surface area contributed by atoms with Crippen LogP contribution in [-0.4, -0.2) is 53.6 Å². The van der Waals surface area contributed by atoms with Gasteiger partial charge in [0.2, 0.25) is 5.91 Å². The van der Waals surface area contributed by atoms with Gasteiger partial charge < -0.3 is 4.90 Å². The summed E-state index contributed by atoms with van der Waals surface area (Å²) < 4.78 is 0. The Labute approximate surface area is 104 Å². The molecule has 2 rings (SSSR count). The normalized spacial score (nSPS) is 34.9. The molecule has 4 heteroatoms. The number of likely N-dealkylation sites (tertiary alicyclic amines) is 1. The van der Waals surface area contributed by atoms with E-state index >= 15 is 0 Å². The Bertz CT molecular complexity index is 282. The minimum Gasteiger partial charge on any atom is -0.325 e. The maximum Gasteiger partial charge on any atom is 0.241 e. The lowest BCUT2D eigenvalue weighted by Gasteiger charge is -2.29. The molecular weight excluding hydrogens is 214 g/mol. The summed E-state index contributed by atoms with van der Waals surface area (Å²) in [6.07, 6.45) is 3.61. The number of likely N-dealkylation sites (N-methyl/N-ethyl adjacent to an activating group) is 1. The molecule has 0 saturated carbocycles. The second-order valence-electron chi connectivity index (χ2n) is 5.22. The van der Waals surface area contributed by atoms with Crippen molar-refractivity contribution in [2.75, 3.05) is 19.6 Å². The molecular formula is C13H25N3O. The first kappa shape index (κ1) is 12.8. The van der Waals surface area contributed by atoms with Crippen molar-refractivity contribution < 1.29 is 4.79 Å². The van der Waals surface area contributed by atoms with E-state index in [4.69, 9.17) is 0 Å². The molecule has 17 heavy (non-hydrogen) atoms. The van der Waals surface area contributed by atoms with E-state index in [9.17, 15) is 4.79 Å². The van der Waals surface area contributed by atoms with Gasteiger partial charge in [-0.15, -0.1) is 0 Å². The van der Waals surface area contributed by atoms with E-state index < -0.39 is 0 Å². The van der Waals surface area contributed by atoms with Gasteiger partial charge in [-0.1, -0.05) is 13.8 Å². The zero-order valence-corrected chi connectivity index (χ0v) is 11.3. The summed E-state index contributed by atoms with van der Waals surface area (Å²) in [7, 11) is 0. The average molecular weight is 239 g/mol. The molecule has 0 bridgehead atoms. The van der Waals surface area contributed by atoms with Crippen LogP contribution in [0.15, 0.2) is 0 Å². The summed E-state index contributed by atoms with van der Waals surface area (Å²) >= 11 is 0. The molecule has 2 saturated heterocycles. The third-order valence-corrected chi connectivity index (χ3v) is 4.21. The Hall–Kier alpha value is -0.610. The summed E-state index contributed by atoms with van der Waals surface area (Å²) in [4.78, 5) is 16.7. The molecule has 4 nitrogen and oxygen atoms in total. The zero-order valence-electron chi connectivity index (χ0n) is 11.3. The van der Waals surface area contributed by atoms with Gasteiger partial charge in [-0.2, -0.15) is 0 Å². The van der Waals surface area contributed by atoms with Crippen molar-refractivity contribution in [3.63, 3.8) is 0 Å². The second kappa shape index (κ2) is 5.36. The molecule has 2 heterocycles. The van der Waals surface area contributed by atoms with Gasteiger partial charge in [-0.3, -0.25) is 15.0 Å². The van der Waals surface area contributed by atoms with Crippen molar-refractivity contribution in [3.05, 3.63) is 0 Å². The highest BCUT2D eigenvalue weighted by Crippen LogP contribution is 2.21. The monoisotopic (exact) mass is 239 g/mol. The summed E-state index contributed by atoms with van der Waals surface area (Å²) in [6.45, 7) is 9.57. The first-order valence-electron chi connectivity index (χ1n) is 6.98. The lowest BCUT2D eigenvalue weighted by Crippen LogP contribution is -2.44. The summed E-state index contributed by atoms with van der Waals surface area (Å²) in [5, 5.41) is 3.37. The van der Waals surface area contributed by atoms with Crippen molar-refractivity contribution in [1.29, 1.82) is 0 Å². The smallest absolute Gasteiger partial charge is 0.241 e. The molecule has 0 aromatic rings. The first-order valence-corrected chi connectivity index (χ1v) is 6.98. The Morgan fingerprint density at radius 3 is 2.76 bits per heavy atom. The Balaban J connectivity index is 1.96. The standard InChI is InChI=1S/C13H25N3O/c1-4-12-13(17)16(10(3)14-12)9-11-7-6-8-15(11)5-2/h10-12,14H,4-9H2,1-3H3. The molecule has 0 aromatic carbocycles. The molecule has 0 radical (unpaired) electrons. The van der Waals surface area contributed by atoms with Gasteiger partial charge in [0.15, 0.2) is 0 Å². The predicted octanol–water partition coefficient (Wildman–Crippen LogP) is 1.03. The van der Waals surface area contributed by atoms with E-state index in [0.29, 0.717) is 11.9 Å². The molecule has 2 fully saturated rings. The topological polar surface area (TPSA) is 35.6 Å². The third kappa shape index (κ3) is 2.47. The number of carbonyl (C=O) groups is 1. The number of nitrogens with one attached hydrogen (secondary N) is 1. The molecule has 3 unspecified atom stereocenters. The minimum atomic E-state index is 0.0430. The van der Waals surface area contributed by atoms with Crippen molar-refractivity contribution in [3.8, 4) is 0 Å². The SMILES string of the molecule is CCC1NC(C)N(CC2CCCN2CC)C1=O. The van der Waals surface area contributed by atoms with Gasteiger partial charge in [0, 0.05) is 12.6 Å². The van der Waals surface area contributed by atoms with Crippen molar-refractivity contribution in [2.45, 2.75) is 58.3 Å².